The third-order valence-corrected chi connectivity index (χ3v) is 4.49. The molecule has 0 atom stereocenters. The zero-order chi connectivity index (χ0) is 18.0. The lowest BCUT2D eigenvalue weighted by atomic mass is 10.1. The van der Waals surface area contributed by atoms with E-state index < -0.39 is 21.4 Å². The Bertz CT molecular complexity index is 745. The highest BCUT2D eigenvalue weighted by Crippen LogP contribution is 2.25. The summed E-state index contributed by atoms with van der Waals surface area (Å²) in [5.41, 5.74) is -4.99. The first-order valence-electron chi connectivity index (χ1n) is 6.82. The van der Waals surface area contributed by atoms with E-state index in [4.69, 9.17) is 5.21 Å². The number of benzene rings is 1. The fraction of sp³-hybridized carbons (Fsp3) is 0.385. The van der Waals surface area contributed by atoms with Crippen LogP contribution in [0.4, 0.5) is 18.9 Å². The number of likely N-dealkylation sites (tertiary alicyclic amines) is 1. The van der Waals surface area contributed by atoms with E-state index in [1.807, 2.05) is 0 Å². The van der Waals surface area contributed by atoms with Crippen LogP contribution in [0.5, 0.6) is 0 Å². The van der Waals surface area contributed by atoms with Crippen LogP contribution in [0, 0.1) is 0 Å². The molecule has 0 spiro atoms. The van der Waals surface area contributed by atoms with Crippen LogP contribution >= 0.6 is 0 Å². The van der Waals surface area contributed by atoms with Crippen molar-refractivity contribution in [2.24, 2.45) is 5.16 Å². The van der Waals surface area contributed by atoms with Crippen LogP contribution in [0.2, 0.25) is 0 Å². The molecule has 1 fully saturated rings. The molecule has 1 aliphatic heterocycles. The molecule has 2 rings (SSSR count). The summed E-state index contributed by atoms with van der Waals surface area (Å²) < 4.78 is 60.3. The summed E-state index contributed by atoms with van der Waals surface area (Å²) in [7, 11) is -5.47. The largest absolute Gasteiger partial charge is 0.516 e. The number of halogens is 3. The summed E-state index contributed by atoms with van der Waals surface area (Å²) in [5.74, 6) is -0.411. The zero-order valence-electron chi connectivity index (χ0n) is 12.2. The number of hydrogen-bond acceptors (Lipinski definition) is 5. The molecule has 0 saturated carbocycles. The zero-order valence-corrected chi connectivity index (χ0v) is 13.1. The number of hydrogen-bond donors (Lipinski definition) is 2. The fourth-order valence-electron chi connectivity index (χ4n) is 2.18. The van der Waals surface area contributed by atoms with Gasteiger partial charge in [-0.1, -0.05) is 17.3 Å². The molecule has 1 aliphatic rings. The van der Waals surface area contributed by atoms with E-state index in [-0.39, 0.29) is 17.9 Å². The SMILES string of the molecule is O=C1/C(=N/O)CCCN1Cc1ccc(NS(=O)(=O)C(F)(F)F)cc1. The quantitative estimate of drug-likeness (QED) is 0.629. The summed E-state index contributed by atoms with van der Waals surface area (Å²) in [5, 5.41) is 11.7. The predicted octanol–water partition coefficient (Wildman–Crippen LogP) is 1.90. The minimum absolute atomic E-state index is 0.0517. The molecular weight excluding hydrogens is 351 g/mol. The smallest absolute Gasteiger partial charge is 0.410 e. The summed E-state index contributed by atoms with van der Waals surface area (Å²) in [4.78, 5) is 13.4. The van der Waals surface area contributed by atoms with E-state index >= 15 is 0 Å². The van der Waals surface area contributed by atoms with E-state index in [9.17, 15) is 26.4 Å². The molecule has 24 heavy (non-hydrogen) atoms. The number of nitrogens with one attached hydrogen (secondary N) is 1. The lowest BCUT2D eigenvalue weighted by Gasteiger charge is -2.27. The molecule has 2 N–H and O–H groups in total. The molecule has 0 bridgehead atoms. The maximum absolute atomic E-state index is 12.3. The molecular formula is C13H14F3N3O4S. The summed E-state index contributed by atoms with van der Waals surface area (Å²) in [6.45, 7) is 0.629. The molecule has 1 amide bonds. The first-order valence-corrected chi connectivity index (χ1v) is 8.30. The second kappa shape index (κ2) is 6.67. The molecule has 1 aromatic carbocycles. The standard InChI is InChI=1S/C13H14F3N3O4S/c14-13(15,16)24(22,23)18-10-5-3-9(4-6-10)8-19-7-1-2-11(17-21)12(19)20/h3-6,18,21H,1-2,7-8H2/b17-11+. The molecule has 0 aliphatic carbocycles. The van der Waals surface area contributed by atoms with Gasteiger partial charge >= 0.3 is 15.5 Å². The minimum Gasteiger partial charge on any atom is -0.410 e. The topological polar surface area (TPSA) is 99.1 Å². The van der Waals surface area contributed by atoms with Crippen molar-refractivity contribution < 1.29 is 31.6 Å². The van der Waals surface area contributed by atoms with Gasteiger partial charge in [-0.3, -0.25) is 9.52 Å². The first kappa shape index (κ1) is 18.0. The van der Waals surface area contributed by atoms with E-state index in [2.05, 4.69) is 5.16 Å². The monoisotopic (exact) mass is 365 g/mol. The van der Waals surface area contributed by atoms with Crippen LogP contribution < -0.4 is 4.72 Å². The molecule has 132 valence electrons. The van der Waals surface area contributed by atoms with E-state index in [0.717, 1.165) is 0 Å². The van der Waals surface area contributed by atoms with Gasteiger partial charge < -0.3 is 10.1 Å². The average Bonchev–Trinajstić information content (AvgIpc) is 2.50. The van der Waals surface area contributed by atoms with E-state index in [1.54, 1.807) is 0 Å². The van der Waals surface area contributed by atoms with Crippen molar-refractivity contribution >= 4 is 27.3 Å². The van der Waals surface area contributed by atoms with Gasteiger partial charge in [0.15, 0.2) is 0 Å². The second-order valence-electron chi connectivity index (χ2n) is 5.13. The molecule has 1 heterocycles. The van der Waals surface area contributed by atoms with Crippen molar-refractivity contribution in [1.29, 1.82) is 0 Å². The van der Waals surface area contributed by atoms with Crippen molar-refractivity contribution in [1.82, 2.24) is 4.90 Å². The third-order valence-electron chi connectivity index (χ3n) is 3.38. The summed E-state index contributed by atoms with van der Waals surface area (Å²) in [6.07, 6.45) is 1.01. The van der Waals surface area contributed by atoms with Gasteiger partial charge in [0.25, 0.3) is 5.91 Å². The number of sulfonamides is 1. The number of alkyl halides is 3. The van der Waals surface area contributed by atoms with Crippen LogP contribution in [0.15, 0.2) is 29.4 Å². The highest BCUT2D eigenvalue weighted by Gasteiger charge is 2.46. The van der Waals surface area contributed by atoms with Gasteiger partial charge in [0.05, 0.1) is 0 Å². The number of carbonyl (C=O) groups is 1. The Kier molecular flexibility index (Phi) is 5.02. The highest BCUT2D eigenvalue weighted by molar-refractivity contribution is 7.93. The Morgan fingerprint density at radius 2 is 1.88 bits per heavy atom. The molecule has 1 aromatic rings. The van der Waals surface area contributed by atoms with Gasteiger partial charge in [-0.15, -0.1) is 0 Å². The van der Waals surface area contributed by atoms with Gasteiger partial charge in [-0.25, -0.2) is 0 Å². The number of oxime groups is 1. The maximum atomic E-state index is 12.3. The molecule has 7 nitrogen and oxygen atoms in total. The number of anilines is 1. The van der Waals surface area contributed by atoms with Gasteiger partial charge in [0.2, 0.25) is 0 Å². The van der Waals surface area contributed by atoms with Crippen LogP contribution in [-0.4, -0.2) is 42.2 Å². The average molecular weight is 365 g/mol. The van der Waals surface area contributed by atoms with E-state index in [0.29, 0.717) is 24.9 Å². The maximum Gasteiger partial charge on any atom is 0.516 e. The normalized spacial score (nSPS) is 18.0. The van der Waals surface area contributed by atoms with Crippen molar-refractivity contribution in [3.63, 3.8) is 0 Å². The number of carbonyl (C=O) groups excluding carboxylic acids is 1. The Hall–Kier alpha value is -2.30. The summed E-state index contributed by atoms with van der Waals surface area (Å²) >= 11 is 0. The third kappa shape index (κ3) is 3.96. The predicted molar refractivity (Wildman–Crippen MR) is 78.9 cm³/mol. The van der Waals surface area contributed by atoms with Gasteiger partial charge in [-0.05, 0) is 24.1 Å². The molecule has 0 radical (unpaired) electrons. The van der Waals surface area contributed by atoms with Crippen molar-refractivity contribution in [3.05, 3.63) is 29.8 Å². The van der Waals surface area contributed by atoms with Gasteiger partial charge in [0.1, 0.15) is 5.71 Å². The van der Waals surface area contributed by atoms with Gasteiger partial charge in [-0.2, -0.15) is 21.6 Å². The van der Waals surface area contributed by atoms with Gasteiger partial charge in [0, 0.05) is 25.2 Å². The van der Waals surface area contributed by atoms with Crippen molar-refractivity contribution in [2.45, 2.75) is 24.9 Å². The number of rotatable bonds is 4. The minimum atomic E-state index is -5.47. The molecule has 11 heteroatoms. The van der Waals surface area contributed by atoms with Crippen molar-refractivity contribution in [3.8, 4) is 0 Å². The fourth-order valence-corrected chi connectivity index (χ4v) is 2.75. The first-order chi connectivity index (χ1) is 11.1. The van der Waals surface area contributed by atoms with Crippen molar-refractivity contribution in [2.75, 3.05) is 11.3 Å². The lowest BCUT2D eigenvalue weighted by molar-refractivity contribution is -0.125. The number of piperidine rings is 1. The van der Waals surface area contributed by atoms with Crippen LogP contribution in [0.3, 0.4) is 0 Å². The molecule has 1 saturated heterocycles. The van der Waals surface area contributed by atoms with Crippen LogP contribution in [0.1, 0.15) is 18.4 Å². The molecule has 0 aromatic heterocycles. The Morgan fingerprint density at radius 1 is 1.25 bits per heavy atom. The molecule has 0 unspecified atom stereocenters. The second-order valence-corrected chi connectivity index (χ2v) is 6.80. The van der Waals surface area contributed by atoms with E-state index in [1.165, 1.54) is 33.9 Å². The number of nitrogens with zero attached hydrogens (tertiary/aromatic N) is 2. The van der Waals surface area contributed by atoms with Crippen LogP contribution in [0.25, 0.3) is 0 Å². The Balaban J connectivity index is 2.06. The highest BCUT2D eigenvalue weighted by atomic mass is 32.2. The van der Waals surface area contributed by atoms with Crippen LogP contribution in [-0.2, 0) is 21.4 Å². The summed E-state index contributed by atoms with van der Waals surface area (Å²) in [6, 6.07) is 5.17. The lowest BCUT2D eigenvalue weighted by Crippen LogP contribution is -2.41. The Morgan fingerprint density at radius 3 is 2.42 bits per heavy atom. The Labute approximate surface area is 135 Å². The number of amides is 1.